The minimum absolute atomic E-state index is 0.00672. The monoisotopic (exact) mass is 499 g/mol. The Hall–Kier alpha value is -3.79. The Kier molecular flexibility index (Phi) is 8.27. The van der Waals surface area contributed by atoms with Gasteiger partial charge in [0, 0.05) is 12.1 Å². The fraction of sp³-hybridized carbons (Fsp3) is 0.346. The molecule has 0 radical (unpaired) electrons. The number of carboxylic acid groups (broad SMARTS) is 1. The van der Waals surface area contributed by atoms with E-state index in [4.69, 9.17) is 9.47 Å². The first kappa shape index (κ1) is 25.3. The molecule has 0 saturated heterocycles. The van der Waals surface area contributed by atoms with Gasteiger partial charge in [-0.15, -0.1) is 0 Å². The number of hydrogen-bond acceptors (Lipinski definition) is 5. The minimum Gasteiger partial charge on any atom is -0.476 e. The Morgan fingerprint density at radius 3 is 2.44 bits per heavy atom. The van der Waals surface area contributed by atoms with Crippen molar-refractivity contribution in [3.63, 3.8) is 0 Å². The Balaban J connectivity index is 1.40. The number of nitrogens with one attached hydrogen (secondary N) is 1. The van der Waals surface area contributed by atoms with Crippen LogP contribution in [-0.4, -0.2) is 38.9 Å². The van der Waals surface area contributed by atoms with Crippen molar-refractivity contribution < 1.29 is 33.0 Å². The van der Waals surface area contributed by atoms with E-state index in [9.17, 15) is 23.5 Å². The summed E-state index contributed by atoms with van der Waals surface area (Å²) in [5, 5.41) is 16.2. The molecule has 0 spiro atoms. The molecule has 10 heteroatoms. The maximum atomic E-state index is 13.5. The molecule has 4 rings (SSSR count). The van der Waals surface area contributed by atoms with Crippen LogP contribution in [0.5, 0.6) is 5.88 Å². The number of carbonyl (C=O) groups excluding carboxylic acids is 1. The van der Waals surface area contributed by atoms with Gasteiger partial charge in [-0.05, 0) is 36.1 Å². The molecule has 1 aromatic heterocycles. The molecule has 1 aliphatic rings. The molecule has 36 heavy (non-hydrogen) atoms. The number of aromatic carboxylic acids is 1. The Morgan fingerprint density at radius 2 is 1.72 bits per heavy atom. The van der Waals surface area contributed by atoms with Gasteiger partial charge < -0.3 is 19.9 Å². The summed E-state index contributed by atoms with van der Waals surface area (Å²) in [5.41, 5.74) is 0.943. The standard InChI is InChI=1S/C26H27F2N3O5/c27-19-10-18(11-20(28)12-19)16-36-25-13-22(26(33)34)30-31(25)14-24(32)29-21-8-4-5-9-23(21)35-15-17-6-2-1-3-7-17/h1-3,6-7,10-13,21,23H,4-5,8-9,14-16H2,(H,29,32)(H,33,34)/t21-,23-/m0/s1. The highest BCUT2D eigenvalue weighted by Crippen LogP contribution is 2.23. The van der Waals surface area contributed by atoms with Crippen LogP contribution >= 0.6 is 0 Å². The number of halogens is 2. The summed E-state index contributed by atoms with van der Waals surface area (Å²) in [7, 11) is 0. The molecular formula is C26H27F2N3O5. The largest absolute Gasteiger partial charge is 0.476 e. The highest BCUT2D eigenvalue weighted by Gasteiger charge is 2.28. The van der Waals surface area contributed by atoms with Gasteiger partial charge in [0.25, 0.3) is 0 Å². The lowest BCUT2D eigenvalue weighted by Crippen LogP contribution is -2.47. The van der Waals surface area contributed by atoms with E-state index in [1.165, 1.54) is 0 Å². The van der Waals surface area contributed by atoms with Gasteiger partial charge in [0.05, 0.1) is 18.8 Å². The number of amides is 1. The Bertz CT molecular complexity index is 1180. The first-order chi connectivity index (χ1) is 17.4. The zero-order chi connectivity index (χ0) is 25.5. The molecule has 190 valence electrons. The van der Waals surface area contributed by atoms with Crippen LogP contribution < -0.4 is 10.1 Å². The molecule has 1 amide bonds. The van der Waals surface area contributed by atoms with Crippen LogP contribution in [0.15, 0.2) is 54.6 Å². The number of ether oxygens (including phenoxy) is 2. The van der Waals surface area contributed by atoms with Crippen molar-refractivity contribution in [1.82, 2.24) is 15.1 Å². The average molecular weight is 500 g/mol. The van der Waals surface area contributed by atoms with Crippen LogP contribution in [0.3, 0.4) is 0 Å². The summed E-state index contributed by atoms with van der Waals surface area (Å²) >= 11 is 0. The smallest absolute Gasteiger partial charge is 0.356 e. The number of carbonyl (C=O) groups is 2. The molecule has 2 atom stereocenters. The highest BCUT2D eigenvalue weighted by molar-refractivity contribution is 5.85. The number of benzene rings is 2. The Labute approximate surface area is 206 Å². The molecule has 1 fully saturated rings. The molecule has 0 bridgehead atoms. The maximum absolute atomic E-state index is 13.5. The van der Waals surface area contributed by atoms with E-state index >= 15 is 0 Å². The van der Waals surface area contributed by atoms with Gasteiger partial charge in [-0.25, -0.2) is 18.3 Å². The minimum atomic E-state index is -1.29. The molecule has 1 heterocycles. The fourth-order valence-electron chi connectivity index (χ4n) is 4.21. The van der Waals surface area contributed by atoms with Crippen LogP contribution in [0, 0.1) is 11.6 Å². The van der Waals surface area contributed by atoms with Crippen LogP contribution in [0.25, 0.3) is 0 Å². The molecule has 0 unspecified atom stereocenters. The lowest BCUT2D eigenvalue weighted by atomic mass is 9.92. The van der Waals surface area contributed by atoms with E-state index in [2.05, 4.69) is 10.4 Å². The topological polar surface area (TPSA) is 103 Å². The molecule has 0 aliphatic heterocycles. The zero-order valence-corrected chi connectivity index (χ0v) is 19.5. The van der Waals surface area contributed by atoms with E-state index in [1.807, 2.05) is 30.3 Å². The van der Waals surface area contributed by atoms with Gasteiger partial charge in [0.2, 0.25) is 11.8 Å². The fourth-order valence-corrected chi connectivity index (χ4v) is 4.21. The van der Waals surface area contributed by atoms with E-state index in [0.29, 0.717) is 6.61 Å². The third-order valence-corrected chi connectivity index (χ3v) is 5.92. The summed E-state index contributed by atoms with van der Waals surface area (Å²) < 4.78 is 39.7. The van der Waals surface area contributed by atoms with E-state index in [-0.39, 0.29) is 48.3 Å². The predicted molar refractivity (Wildman–Crippen MR) is 125 cm³/mol. The third kappa shape index (κ3) is 6.88. The molecule has 1 saturated carbocycles. The molecule has 8 nitrogen and oxygen atoms in total. The quantitative estimate of drug-likeness (QED) is 0.436. The van der Waals surface area contributed by atoms with Crippen molar-refractivity contribution in [1.29, 1.82) is 0 Å². The average Bonchev–Trinajstić information content (AvgIpc) is 3.25. The number of aromatic nitrogens is 2. The van der Waals surface area contributed by atoms with E-state index < -0.39 is 17.6 Å². The van der Waals surface area contributed by atoms with Gasteiger partial charge in [0.15, 0.2) is 5.69 Å². The zero-order valence-electron chi connectivity index (χ0n) is 19.5. The molecular weight excluding hydrogens is 472 g/mol. The normalized spacial score (nSPS) is 17.5. The van der Waals surface area contributed by atoms with Gasteiger partial charge in [-0.3, -0.25) is 4.79 Å². The number of rotatable bonds is 10. The molecule has 3 aromatic rings. The second-order valence-electron chi connectivity index (χ2n) is 8.69. The van der Waals surface area contributed by atoms with Crippen molar-refractivity contribution in [3.05, 3.63) is 83.1 Å². The van der Waals surface area contributed by atoms with Crippen molar-refractivity contribution in [2.24, 2.45) is 0 Å². The second kappa shape index (κ2) is 11.8. The van der Waals surface area contributed by atoms with Crippen molar-refractivity contribution >= 4 is 11.9 Å². The summed E-state index contributed by atoms with van der Waals surface area (Å²) in [6.07, 6.45) is 3.40. The van der Waals surface area contributed by atoms with E-state index in [0.717, 1.165) is 60.2 Å². The van der Waals surface area contributed by atoms with Gasteiger partial charge >= 0.3 is 5.97 Å². The molecule has 1 aliphatic carbocycles. The number of hydrogen-bond donors (Lipinski definition) is 2. The van der Waals surface area contributed by atoms with Crippen LogP contribution in [0.2, 0.25) is 0 Å². The first-order valence-corrected chi connectivity index (χ1v) is 11.7. The summed E-state index contributed by atoms with van der Waals surface area (Å²) in [6, 6.07) is 13.7. The van der Waals surface area contributed by atoms with E-state index in [1.54, 1.807) is 0 Å². The SMILES string of the molecule is O=C(Cn1nc(C(=O)O)cc1OCc1cc(F)cc(F)c1)N[C@H]1CCCC[C@@H]1OCc1ccccc1. The van der Waals surface area contributed by atoms with Gasteiger partial charge in [-0.2, -0.15) is 5.10 Å². The lowest BCUT2D eigenvalue weighted by Gasteiger charge is -2.32. The second-order valence-corrected chi connectivity index (χ2v) is 8.69. The summed E-state index contributed by atoms with van der Waals surface area (Å²) in [6.45, 7) is -0.0845. The van der Waals surface area contributed by atoms with Crippen LogP contribution in [-0.2, 0) is 29.3 Å². The van der Waals surface area contributed by atoms with Crippen LogP contribution in [0.1, 0.15) is 47.3 Å². The summed E-state index contributed by atoms with van der Waals surface area (Å²) in [4.78, 5) is 24.3. The van der Waals surface area contributed by atoms with Crippen molar-refractivity contribution in [3.8, 4) is 5.88 Å². The predicted octanol–water partition coefficient (Wildman–Crippen LogP) is 4.08. The molecule has 2 aromatic carbocycles. The summed E-state index contributed by atoms with van der Waals surface area (Å²) in [5.74, 6) is -3.20. The van der Waals surface area contributed by atoms with Crippen molar-refractivity contribution in [2.45, 2.75) is 57.6 Å². The number of carboxylic acids is 1. The lowest BCUT2D eigenvalue weighted by molar-refractivity contribution is -0.124. The Morgan fingerprint density at radius 1 is 1.00 bits per heavy atom. The first-order valence-electron chi connectivity index (χ1n) is 11.7. The maximum Gasteiger partial charge on any atom is 0.356 e. The van der Waals surface area contributed by atoms with Crippen molar-refractivity contribution in [2.75, 3.05) is 0 Å². The van der Waals surface area contributed by atoms with Gasteiger partial charge in [0.1, 0.15) is 24.8 Å². The molecule has 2 N–H and O–H groups in total. The third-order valence-electron chi connectivity index (χ3n) is 5.92. The van der Waals surface area contributed by atoms with Gasteiger partial charge in [-0.1, -0.05) is 43.2 Å². The van der Waals surface area contributed by atoms with Crippen LogP contribution in [0.4, 0.5) is 8.78 Å². The number of nitrogens with zero attached hydrogens (tertiary/aromatic N) is 2. The highest BCUT2D eigenvalue weighted by atomic mass is 19.1.